The van der Waals surface area contributed by atoms with Gasteiger partial charge in [-0.15, -0.1) is 11.3 Å². The molecule has 1 aromatic carbocycles. The highest BCUT2D eigenvalue weighted by Crippen LogP contribution is 2.23. The Bertz CT molecular complexity index is 489. The number of benzene rings is 1. The minimum Gasteiger partial charge on any atom is -0.392 e. The van der Waals surface area contributed by atoms with E-state index in [1.807, 2.05) is 12.1 Å². The molecule has 3 heteroatoms. The second kappa shape index (κ2) is 6.14. The molecule has 18 heavy (non-hydrogen) atoms. The SMILES string of the molecule is Cc1ccsc1C(C)NCc1ccc(CO)cc1. The molecular weight excluding hydrogens is 242 g/mol. The number of aryl methyl sites for hydroxylation is 1. The Labute approximate surface area is 112 Å². The second-order valence-electron chi connectivity index (χ2n) is 4.55. The molecule has 2 N–H and O–H groups in total. The van der Waals surface area contributed by atoms with Crippen molar-refractivity contribution < 1.29 is 5.11 Å². The van der Waals surface area contributed by atoms with E-state index >= 15 is 0 Å². The zero-order chi connectivity index (χ0) is 13.0. The van der Waals surface area contributed by atoms with Crippen LogP contribution in [0.4, 0.5) is 0 Å². The van der Waals surface area contributed by atoms with Crippen LogP contribution < -0.4 is 5.32 Å². The van der Waals surface area contributed by atoms with E-state index in [0.29, 0.717) is 6.04 Å². The molecule has 0 saturated heterocycles. The lowest BCUT2D eigenvalue weighted by atomic mass is 10.1. The van der Waals surface area contributed by atoms with Crippen LogP contribution in [-0.4, -0.2) is 5.11 Å². The predicted molar refractivity (Wildman–Crippen MR) is 76.7 cm³/mol. The zero-order valence-corrected chi connectivity index (χ0v) is 11.6. The molecule has 0 bridgehead atoms. The van der Waals surface area contributed by atoms with E-state index in [4.69, 9.17) is 5.11 Å². The van der Waals surface area contributed by atoms with E-state index in [1.54, 1.807) is 11.3 Å². The second-order valence-corrected chi connectivity index (χ2v) is 5.49. The monoisotopic (exact) mass is 261 g/mol. The molecular formula is C15H19NOS. The summed E-state index contributed by atoms with van der Waals surface area (Å²) in [6.45, 7) is 5.31. The van der Waals surface area contributed by atoms with Gasteiger partial charge >= 0.3 is 0 Å². The van der Waals surface area contributed by atoms with E-state index < -0.39 is 0 Å². The van der Waals surface area contributed by atoms with Gasteiger partial charge in [0, 0.05) is 17.5 Å². The number of nitrogens with one attached hydrogen (secondary N) is 1. The minimum absolute atomic E-state index is 0.110. The van der Waals surface area contributed by atoms with E-state index in [9.17, 15) is 0 Å². The third-order valence-electron chi connectivity index (χ3n) is 3.11. The van der Waals surface area contributed by atoms with Gasteiger partial charge in [0.15, 0.2) is 0 Å². The summed E-state index contributed by atoms with van der Waals surface area (Å²) in [5, 5.41) is 14.7. The number of rotatable bonds is 5. The van der Waals surface area contributed by atoms with Gasteiger partial charge in [-0.1, -0.05) is 24.3 Å². The van der Waals surface area contributed by atoms with Gasteiger partial charge in [0.1, 0.15) is 0 Å². The summed E-state index contributed by atoms with van der Waals surface area (Å²) in [5.41, 5.74) is 3.56. The van der Waals surface area contributed by atoms with Crippen molar-refractivity contribution in [2.75, 3.05) is 0 Å². The van der Waals surface area contributed by atoms with Gasteiger partial charge in [0.05, 0.1) is 6.61 Å². The molecule has 1 aromatic heterocycles. The fourth-order valence-electron chi connectivity index (χ4n) is 1.95. The maximum Gasteiger partial charge on any atom is 0.0681 e. The average molecular weight is 261 g/mol. The fourth-order valence-corrected chi connectivity index (χ4v) is 2.91. The van der Waals surface area contributed by atoms with Gasteiger partial charge in [0.25, 0.3) is 0 Å². The van der Waals surface area contributed by atoms with Crippen molar-refractivity contribution in [1.82, 2.24) is 5.32 Å². The number of thiophene rings is 1. The molecule has 2 aromatic rings. The van der Waals surface area contributed by atoms with Crippen molar-refractivity contribution in [3.05, 3.63) is 57.3 Å². The third-order valence-corrected chi connectivity index (χ3v) is 4.31. The molecule has 0 saturated carbocycles. The van der Waals surface area contributed by atoms with Crippen molar-refractivity contribution in [3.63, 3.8) is 0 Å². The van der Waals surface area contributed by atoms with E-state index in [0.717, 1.165) is 12.1 Å². The van der Waals surface area contributed by atoms with Crippen LogP contribution in [0.25, 0.3) is 0 Å². The molecule has 2 rings (SSSR count). The molecule has 96 valence electrons. The smallest absolute Gasteiger partial charge is 0.0681 e. The van der Waals surface area contributed by atoms with Crippen molar-refractivity contribution in [3.8, 4) is 0 Å². The van der Waals surface area contributed by atoms with Gasteiger partial charge in [-0.05, 0) is 42.0 Å². The molecule has 0 radical (unpaired) electrons. The first kappa shape index (κ1) is 13.3. The van der Waals surface area contributed by atoms with Crippen LogP contribution in [0.15, 0.2) is 35.7 Å². The quantitative estimate of drug-likeness (QED) is 0.864. The van der Waals surface area contributed by atoms with E-state index in [2.05, 4.69) is 42.7 Å². The van der Waals surface area contributed by atoms with E-state index in [-0.39, 0.29) is 6.61 Å². The maximum atomic E-state index is 8.99. The molecule has 0 aliphatic carbocycles. The Balaban J connectivity index is 1.93. The third kappa shape index (κ3) is 3.19. The van der Waals surface area contributed by atoms with Gasteiger partial charge in [-0.25, -0.2) is 0 Å². The Morgan fingerprint density at radius 3 is 2.39 bits per heavy atom. The summed E-state index contributed by atoms with van der Waals surface area (Å²) < 4.78 is 0. The van der Waals surface area contributed by atoms with Gasteiger partial charge in [-0.2, -0.15) is 0 Å². The lowest BCUT2D eigenvalue weighted by Crippen LogP contribution is -2.17. The summed E-state index contributed by atoms with van der Waals surface area (Å²) >= 11 is 1.80. The maximum absolute atomic E-state index is 8.99. The van der Waals surface area contributed by atoms with Crippen molar-refractivity contribution in [2.24, 2.45) is 0 Å². The first-order valence-corrected chi connectivity index (χ1v) is 7.04. The van der Waals surface area contributed by atoms with Crippen LogP contribution >= 0.6 is 11.3 Å². The van der Waals surface area contributed by atoms with Crippen molar-refractivity contribution >= 4 is 11.3 Å². The van der Waals surface area contributed by atoms with Gasteiger partial charge in [-0.3, -0.25) is 0 Å². The average Bonchev–Trinajstić information content (AvgIpc) is 2.83. The lowest BCUT2D eigenvalue weighted by molar-refractivity contribution is 0.282. The number of aliphatic hydroxyl groups is 1. The molecule has 0 aliphatic rings. The Morgan fingerprint density at radius 1 is 1.17 bits per heavy atom. The topological polar surface area (TPSA) is 32.3 Å². The fraction of sp³-hybridized carbons (Fsp3) is 0.333. The standard InChI is InChI=1S/C15H19NOS/c1-11-7-8-18-15(11)12(2)16-9-13-3-5-14(10-17)6-4-13/h3-8,12,16-17H,9-10H2,1-2H3. The Hall–Kier alpha value is -1.16. The van der Waals surface area contributed by atoms with Crippen molar-refractivity contribution in [1.29, 1.82) is 0 Å². The molecule has 0 fully saturated rings. The highest BCUT2D eigenvalue weighted by molar-refractivity contribution is 7.10. The Kier molecular flexibility index (Phi) is 4.53. The van der Waals surface area contributed by atoms with Gasteiger partial charge < -0.3 is 10.4 Å². The van der Waals surface area contributed by atoms with Gasteiger partial charge in [0.2, 0.25) is 0 Å². The summed E-state index contributed by atoms with van der Waals surface area (Å²) in [6.07, 6.45) is 0. The summed E-state index contributed by atoms with van der Waals surface area (Å²) in [5.74, 6) is 0. The van der Waals surface area contributed by atoms with Crippen LogP contribution in [0.1, 0.15) is 34.5 Å². The summed E-state index contributed by atoms with van der Waals surface area (Å²) in [7, 11) is 0. The Morgan fingerprint density at radius 2 is 1.83 bits per heavy atom. The number of aliphatic hydroxyl groups excluding tert-OH is 1. The molecule has 1 atom stereocenters. The minimum atomic E-state index is 0.110. The summed E-state index contributed by atoms with van der Waals surface area (Å²) in [4.78, 5) is 1.40. The molecule has 0 aliphatic heterocycles. The number of hydrogen-bond acceptors (Lipinski definition) is 3. The van der Waals surface area contributed by atoms with Crippen LogP contribution in [0.2, 0.25) is 0 Å². The molecule has 1 unspecified atom stereocenters. The van der Waals surface area contributed by atoms with Crippen LogP contribution in [0, 0.1) is 6.92 Å². The van der Waals surface area contributed by atoms with Crippen LogP contribution in [0.5, 0.6) is 0 Å². The zero-order valence-electron chi connectivity index (χ0n) is 10.8. The lowest BCUT2D eigenvalue weighted by Gasteiger charge is -2.13. The van der Waals surface area contributed by atoms with Crippen LogP contribution in [0.3, 0.4) is 0 Å². The van der Waals surface area contributed by atoms with E-state index in [1.165, 1.54) is 16.0 Å². The first-order valence-electron chi connectivity index (χ1n) is 6.16. The largest absolute Gasteiger partial charge is 0.392 e. The highest BCUT2D eigenvalue weighted by atomic mass is 32.1. The predicted octanol–water partition coefficient (Wildman–Crippen LogP) is 3.40. The molecule has 1 heterocycles. The van der Waals surface area contributed by atoms with Crippen LogP contribution in [-0.2, 0) is 13.2 Å². The molecule has 0 spiro atoms. The normalized spacial score (nSPS) is 12.6. The van der Waals surface area contributed by atoms with Crippen molar-refractivity contribution in [2.45, 2.75) is 33.0 Å². The molecule has 0 amide bonds. The highest BCUT2D eigenvalue weighted by Gasteiger charge is 2.08. The number of hydrogen-bond donors (Lipinski definition) is 2. The first-order chi connectivity index (χ1) is 8.70. The molecule has 2 nitrogen and oxygen atoms in total. The summed E-state index contributed by atoms with van der Waals surface area (Å²) in [6, 6.07) is 10.6.